The van der Waals surface area contributed by atoms with Gasteiger partial charge < -0.3 is 0 Å². The SMILES string of the molecule is C=[N+](C)c1cnc(C(F)(F)F)cn1. The number of hydrogen-bond acceptors (Lipinski definition) is 2. The van der Waals surface area contributed by atoms with Crippen LogP contribution in [0.1, 0.15) is 5.69 Å². The highest BCUT2D eigenvalue weighted by atomic mass is 19.4. The monoisotopic (exact) mass is 190 g/mol. The Morgan fingerprint density at radius 2 is 1.92 bits per heavy atom. The molecule has 0 spiro atoms. The summed E-state index contributed by atoms with van der Waals surface area (Å²) in [5.74, 6) is 0.285. The Labute approximate surface area is 72.6 Å². The molecule has 0 saturated carbocycles. The second kappa shape index (κ2) is 3.12. The van der Waals surface area contributed by atoms with Crippen LogP contribution >= 0.6 is 0 Å². The molecule has 1 aromatic rings. The van der Waals surface area contributed by atoms with E-state index in [-0.39, 0.29) is 5.82 Å². The van der Waals surface area contributed by atoms with Crippen molar-refractivity contribution in [3.05, 3.63) is 18.1 Å². The Hall–Kier alpha value is -1.46. The summed E-state index contributed by atoms with van der Waals surface area (Å²) in [6.07, 6.45) is -2.74. The highest BCUT2D eigenvalue weighted by Crippen LogP contribution is 2.26. The van der Waals surface area contributed by atoms with Gasteiger partial charge in [0, 0.05) is 0 Å². The minimum absolute atomic E-state index is 0.285. The van der Waals surface area contributed by atoms with Crippen LogP contribution < -0.4 is 0 Å². The highest BCUT2D eigenvalue weighted by Gasteiger charge is 2.34. The van der Waals surface area contributed by atoms with Crippen molar-refractivity contribution in [1.82, 2.24) is 9.97 Å². The molecule has 0 atom stereocenters. The van der Waals surface area contributed by atoms with E-state index in [2.05, 4.69) is 16.7 Å². The van der Waals surface area contributed by atoms with Crippen LogP contribution in [0, 0.1) is 0 Å². The molecule has 0 unspecified atom stereocenters. The molecule has 1 rings (SSSR count). The first-order valence-corrected chi connectivity index (χ1v) is 3.34. The lowest BCUT2D eigenvalue weighted by molar-refractivity contribution is -0.399. The third kappa shape index (κ3) is 2.24. The summed E-state index contributed by atoms with van der Waals surface area (Å²) in [5.41, 5.74) is -1.00. The van der Waals surface area contributed by atoms with E-state index in [0.717, 1.165) is 6.20 Å². The summed E-state index contributed by atoms with van der Waals surface area (Å²) in [7, 11) is 1.57. The lowest BCUT2D eigenvalue weighted by Crippen LogP contribution is -2.09. The normalized spacial score (nSPS) is 11.4. The van der Waals surface area contributed by atoms with Gasteiger partial charge in [0.15, 0.2) is 11.9 Å². The van der Waals surface area contributed by atoms with Gasteiger partial charge in [-0.05, 0) is 4.98 Å². The number of rotatable bonds is 1. The summed E-state index contributed by atoms with van der Waals surface area (Å²) in [4.78, 5) is 6.73. The van der Waals surface area contributed by atoms with Crippen LogP contribution in [0.5, 0.6) is 0 Å². The van der Waals surface area contributed by atoms with Gasteiger partial charge in [-0.25, -0.2) is 9.56 Å². The number of halogens is 3. The maximum atomic E-state index is 12.0. The van der Waals surface area contributed by atoms with Crippen LogP contribution in [0.2, 0.25) is 0 Å². The van der Waals surface area contributed by atoms with E-state index < -0.39 is 11.9 Å². The first kappa shape index (κ1) is 9.63. The highest BCUT2D eigenvalue weighted by molar-refractivity contribution is 5.24. The molecule has 0 saturated heterocycles. The van der Waals surface area contributed by atoms with Crippen molar-refractivity contribution in [3.63, 3.8) is 0 Å². The Bertz CT molecular complexity index is 315. The molecule has 1 heterocycles. The maximum Gasteiger partial charge on any atom is 0.437 e. The largest absolute Gasteiger partial charge is 0.437 e. The number of nitrogens with zero attached hydrogens (tertiary/aromatic N) is 3. The van der Waals surface area contributed by atoms with Crippen molar-refractivity contribution >= 4 is 12.5 Å². The van der Waals surface area contributed by atoms with Gasteiger partial charge in [0.25, 0.3) is 0 Å². The van der Waals surface area contributed by atoms with Crippen molar-refractivity contribution in [2.75, 3.05) is 7.05 Å². The van der Waals surface area contributed by atoms with Crippen LogP contribution in [-0.4, -0.2) is 28.3 Å². The Morgan fingerprint density at radius 3 is 2.23 bits per heavy atom. The van der Waals surface area contributed by atoms with Gasteiger partial charge >= 0.3 is 12.0 Å². The predicted molar refractivity (Wildman–Crippen MR) is 40.0 cm³/mol. The summed E-state index contributed by atoms with van der Waals surface area (Å²) in [5, 5.41) is 0. The minimum Gasteiger partial charge on any atom is -0.239 e. The molecule has 0 N–H and O–H groups in total. The first-order valence-electron chi connectivity index (χ1n) is 3.34. The van der Waals surface area contributed by atoms with Crippen molar-refractivity contribution in [2.24, 2.45) is 0 Å². The third-order valence-corrected chi connectivity index (χ3v) is 1.32. The second-order valence-electron chi connectivity index (χ2n) is 2.46. The first-order chi connectivity index (χ1) is 5.91. The molecule has 0 amide bonds. The number of hydrogen-bond donors (Lipinski definition) is 0. The van der Waals surface area contributed by atoms with E-state index in [4.69, 9.17) is 0 Å². The smallest absolute Gasteiger partial charge is 0.239 e. The molecule has 0 bridgehead atoms. The Balaban J connectivity index is 3.01. The van der Waals surface area contributed by atoms with Gasteiger partial charge in [0.05, 0.1) is 13.8 Å². The molecule has 0 aliphatic rings. The molecule has 70 valence electrons. The molecule has 0 radical (unpaired) electrons. The summed E-state index contributed by atoms with van der Waals surface area (Å²) >= 11 is 0. The van der Waals surface area contributed by atoms with Crippen LogP contribution in [0.3, 0.4) is 0 Å². The average molecular weight is 190 g/mol. The number of alkyl halides is 3. The van der Waals surface area contributed by atoms with Crippen molar-refractivity contribution in [3.8, 4) is 0 Å². The zero-order valence-electron chi connectivity index (χ0n) is 6.84. The molecular weight excluding hydrogens is 183 g/mol. The molecule has 6 heteroatoms. The van der Waals surface area contributed by atoms with Gasteiger partial charge in [-0.3, -0.25) is 0 Å². The molecule has 0 aromatic carbocycles. The molecule has 0 fully saturated rings. The molecule has 0 aliphatic heterocycles. The summed E-state index contributed by atoms with van der Waals surface area (Å²) in [6.45, 7) is 3.45. The Morgan fingerprint density at radius 1 is 1.31 bits per heavy atom. The van der Waals surface area contributed by atoms with Gasteiger partial charge in [-0.2, -0.15) is 13.2 Å². The van der Waals surface area contributed by atoms with Gasteiger partial charge in [0.1, 0.15) is 6.20 Å². The van der Waals surface area contributed by atoms with Crippen molar-refractivity contribution in [1.29, 1.82) is 0 Å². The lowest BCUT2D eigenvalue weighted by Gasteiger charge is -2.01. The third-order valence-electron chi connectivity index (χ3n) is 1.32. The Kier molecular flexibility index (Phi) is 2.31. The van der Waals surface area contributed by atoms with Crippen molar-refractivity contribution < 1.29 is 17.7 Å². The van der Waals surface area contributed by atoms with E-state index in [0.29, 0.717) is 6.20 Å². The minimum atomic E-state index is -4.44. The molecular formula is C7H7F3N3+. The summed E-state index contributed by atoms with van der Waals surface area (Å²) in [6, 6.07) is 0. The fourth-order valence-electron chi connectivity index (χ4n) is 0.665. The van der Waals surface area contributed by atoms with Crippen molar-refractivity contribution in [2.45, 2.75) is 6.18 Å². The zero-order valence-corrected chi connectivity index (χ0v) is 6.84. The predicted octanol–water partition coefficient (Wildman–Crippen LogP) is 1.47. The van der Waals surface area contributed by atoms with Gasteiger partial charge in [0.2, 0.25) is 0 Å². The fourth-order valence-corrected chi connectivity index (χ4v) is 0.665. The van der Waals surface area contributed by atoms with E-state index >= 15 is 0 Å². The number of aromatic nitrogens is 2. The van der Waals surface area contributed by atoms with Gasteiger partial charge in [-0.15, -0.1) is 0 Å². The van der Waals surface area contributed by atoms with E-state index in [9.17, 15) is 13.2 Å². The van der Waals surface area contributed by atoms with Crippen LogP contribution in [0.4, 0.5) is 19.0 Å². The fraction of sp³-hybridized carbons (Fsp3) is 0.286. The maximum absolute atomic E-state index is 12.0. The molecule has 0 aliphatic carbocycles. The van der Waals surface area contributed by atoms with Crippen LogP contribution in [0.25, 0.3) is 0 Å². The average Bonchev–Trinajstić information content (AvgIpc) is 2.03. The zero-order chi connectivity index (χ0) is 10.1. The van der Waals surface area contributed by atoms with Crippen LogP contribution in [-0.2, 0) is 6.18 Å². The second-order valence-corrected chi connectivity index (χ2v) is 2.46. The quantitative estimate of drug-likeness (QED) is 0.495. The lowest BCUT2D eigenvalue weighted by atomic mass is 10.4. The molecule has 13 heavy (non-hydrogen) atoms. The summed E-state index contributed by atoms with van der Waals surface area (Å²) < 4.78 is 37.3. The van der Waals surface area contributed by atoms with E-state index in [1.54, 1.807) is 7.05 Å². The van der Waals surface area contributed by atoms with E-state index in [1.165, 1.54) is 4.58 Å². The van der Waals surface area contributed by atoms with Gasteiger partial charge in [-0.1, -0.05) is 0 Å². The molecule has 3 nitrogen and oxygen atoms in total. The molecule has 1 aromatic heterocycles. The standard InChI is InChI=1S/C7H7F3N3/c1-13(2)6-4-11-5(3-12-6)7(8,9)10/h3-4H,1H2,2H3/q+1. The topological polar surface area (TPSA) is 28.8 Å². The van der Waals surface area contributed by atoms with E-state index in [1.807, 2.05) is 0 Å². The van der Waals surface area contributed by atoms with Crippen LogP contribution in [0.15, 0.2) is 12.4 Å².